The van der Waals surface area contributed by atoms with Crippen LogP contribution in [0.2, 0.25) is 0 Å². The summed E-state index contributed by atoms with van der Waals surface area (Å²) in [4.78, 5) is 19.1. The normalized spacial score (nSPS) is 15.1. The maximum atomic E-state index is 12.6. The quantitative estimate of drug-likeness (QED) is 0.501. The van der Waals surface area contributed by atoms with Crippen molar-refractivity contribution in [2.24, 2.45) is 0 Å². The summed E-state index contributed by atoms with van der Waals surface area (Å²) >= 11 is 6.82. The Morgan fingerprint density at radius 1 is 0.963 bits per heavy atom. The van der Waals surface area contributed by atoms with E-state index < -0.39 is 0 Å². The van der Waals surface area contributed by atoms with Gasteiger partial charge in [0.1, 0.15) is 0 Å². The summed E-state index contributed by atoms with van der Waals surface area (Å²) in [5.41, 5.74) is 1.64. The van der Waals surface area contributed by atoms with E-state index in [1.54, 1.807) is 0 Å². The van der Waals surface area contributed by atoms with Crippen LogP contribution in [-0.4, -0.2) is 34.0 Å². The molecule has 1 aliphatic heterocycles. The number of hydrogen-bond acceptors (Lipinski definition) is 4. The predicted molar refractivity (Wildman–Crippen MR) is 109 cm³/mol. The maximum Gasteiger partial charge on any atom is 0.253 e. The van der Waals surface area contributed by atoms with Crippen LogP contribution in [-0.2, 0) is 0 Å². The Morgan fingerprint density at radius 3 is 2.19 bits per heavy atom. The van der Waals surface area contributed by atoms with Crippen molar-refractivity contribution in [3.05, 3.63) is 68.9 Å². The Hall–Kier alpha value is -1.99. The lowest BCUT2D eigenvalue weighted by Gasteiger charge is -2.30. The van der Waals surface area contributed by atoms with E-state index in [0.29, 0.717) is 30.4 Å². The summed E-state index contributed by atoms with van der Waals surface area (Å²) in [6.07, 6.45) is 1.65. The van der Waals surface area contributed by atoms with Gasteiger partial charge in [-0.1, -0.05) is 37.0 Å². The van der Waals surface area contributed by atoms with Crippen molar-refractivity contribution in [1.82, 2.24) is 15.0 Å². The average Bonchev–Trinajstić information content (AvgIpc) is 3.19. The molecule has 4 rings (SSSR count). The Kier molecular flexibility index (Phi) is 5.41. The van der Waals surface area contributed by atoms with Crippen LogP contribution in [0.15, 0.2) is 62.0 Å². The number of amides is 1. The number of aromatic nitrogens is 2. The first-order valence-corrected chi connectivity index (χ1v) is 10.3. The highest BCUT2D eigenvalue weighted by molar-refractivity contribution is 9.10. The molecular weight excluding hydrogens is 474 g/mol. The number of nitrogens with zero attached hydrogens (tertiary/aromatic N) is 3. The minimum absolute atomic E-state index is 0.0713. The molecule has 0 radical (unpaired) electrons. The molecule has 0 bridgehead atoms. The van der Waals surface area contributed by atoms with Gasteiger partial charge in [-0.15, -0.1) is 0 Å². The summed E-state index contributed by atoms with van der Waals surface area (Å²) in [6.45, 7) is 1.38. The topological polar surface area (TPSA) is 59.2 Å². The van der Waals surface area contributed by atoms with Crippen molar-refractivity contribution in [2.45, 2.75) is 18.8 Å². The maximum absolute atomic E-state index is 12.6. The second kappa shape index (κ2) is 7.94. The minimum atomic E-state index is 0.0713. The number of rotatable bonds is 3. The van der Waals surface area contributed by atoms with Gasteiger partial charge in [0, 0.05) is 39.1 Å². The molecule has 3 aromatic rings. The van der Waals surface area contributed by atoms with E-state index in [1.807, 2.05) is 53.4 Å². The number of carbonyl (C=O) groups is 1. The highest BCUT2D eigenvalue weighted by Gasteiger charge is 2.28. The molecule has 27 heavy (non-hydrogen) atoms. The molecule has 2 heterocycles. The molecule has 0 N–H and O–H groups in total. The average molecular weight is 491 g/mol. The fraction of sp³-hybridized carbons (Fsp3) is 0.250. The van der Waals surface area contributed by atoms with Crippen LogP contribution in [0.1, 0.15) is 35.0 Å². The molecular formula is C20H17Br2N3O2. The SMILES string of the molecule is O=C(c1ccc(Br)cc1)N1CCC(c2nc(-c3ccc(Br)cc3)no2)CC1. The van der Waals surface area contributed by atoms with Crippen LogP contribution in [0.5, 0.6) is 0 Å². The lowest BCUT2D eigenvalue weighted by atomic mass is 9.96. The predicted octanol–water partition coefficient (Wildman–Crippen LogP) is 5.28. The van der Waals surface area contributed by atoms with Crippen molar-refractivity contribution < 1.29 is 9.32 Å². The molecule has 0 saturated carbocycles. The molecule has 1 fully saturated rings. The molecule has 1 aliphatic rings. The molecule has 7 heteroatoms. The van der Waals surface area contributed by atoms with Gasteiger partial charge in [-0.2, -0.15) is 4.98 Å². The van der Waals surface area contributed by atoms with E-state index in [0.717, 1.165) is 27.4 Å². The largest absolute Gasteiger partial charge is 0.339 e. The lowest BCUT2D eigenvalue weighted by Crippen LogP contribution is -2.37. The van der Waals surface area contributed by atoms with Crippen molar-refractivity contribution in [3.8, 4) is 11.4 Å². The minimum Gasteiger partial charge on any atom is -0.339 e. The molecule has 0 aliphatic carbocycles. The highest BCUT2D eigenvalue weighted by atomic mass is 79.9. The van der Waals surface area contributed by atoms with Gasteiger partial charge in [-0.3, -0.25) is 4.79 Å². The van der Waals surface area contributed by atoms with Crippen molar-refractivity contribution >= 4 is 37.8 Å². The summed E-state index contributed by atoms with van der Waals surface area (Å²) in [7, 11) is 0. The van der Waals surface area contributed by atoms with Gasteiger partial charge in [-0.05, 0) is 61.4 Å². The molecule has 0 atom stereocenters. The Bertz CT molecular complexity index is 931. The molecule has 2 aromatic carbocycles. The standard InChI is InChI=1S/C20H17Br2N3O2/c21-16-5-1-13(2-6-16)18-23-19(27-24-18)14-9-11-25(12-10-14)20(26)15-3-7-17(22)8-4-15/h1-8,14H,9-12H2. The molecule has 0 unspecified atom stereocenters. The zero-order valence-corrected chi connectivity index (χ0v) is 17.6. The molecule has 0 spiro atoms. The van der Waals surface area contributed by atoms with Gasteiger partial charge in [0.05, 0.1) is 0 Å². The lowest BCUT2D eigenvalue weighted by molar-refractivity contribution is 0.0704. The van der Waals surface area contributed by atoms with Crippen LogP contribution in [0.3, 0.4) is 0 Å². The highest BCUT2D eigenvalue weighted by Crippen LogP contribution is 2.29. The molecule has 1 amide bonds. The Morgan fingerprint density at radius 2 is 1.56 bits per heavy atom. The molecule has 1 aromatic heterocycles. The van der Waals surface area contributed by atoms with Crippen LogP contribution in [0.4, 0.5) is 0 Å². The number of benzene rings is 2. The summed E-state index contributed by atoms with van der Waals surface area (Å²) < 4.78 is 7.48. The summed E-state index contributed by atoms with van der Waals surface area (Å²) in [6, 6.07) is 15.3. The van der Waals surface area contributed by atoms with E-state index in [-0.39, 0.29) is 11.8 Å². The third kappa shape index (κ3) is 4.14. The van der Waals surface area contributed by atoms with Crippen LogP contribution in [0.25, 0.3) is 11.4 Å². The first-order valence-electron chi connectivity index (χ1n) is 8.74. The Labute approximate surface area is 174 Å². The van der Waals surface area contributed by atoms with Crippen molar-refractivity contribution in [1.29, 1.82) is 0 Å². The number of piperidine rings is 1. The van der Waals surface area contributed by atoms with Gasteiger partial charge in [0.2, 0.25) is 11.7 Å². The van der Waals surface area contributed by atoms with Gasteiger partial charge in [0.25, 0.3) is 5.91 Å². The first kappa shape index (κ1) is 18.4. The van der Waals surface area contributed by atoms with Crippen molar-refractivity contribution in [2.75, 3.05) is 13.1 Å². The van der Waals surface area contributed by atoms with Gasteiger partial charge in [0.15, 0.2) is 0 Å². The third-order valence-electron chi connectivity index (χ3n) is 4.77. The van der Waals surface area contributed by atoms with Gasteiger partial charge < -0.3 is 9.42 Å². The third-order valence-corrected chi connectivity index (χ3v) is 5.82. The zero-order chi connectivity index (χ0) is 18.8. The van der Waals surface area contributed by atoms with Gasteiger partial charge >= 0.3 is 0 Å². The second-order valence-corrected chi connectivity index (χ2v) is 8.37. The number of hydrogen-bond donors (Lipinski definition) is 0. The molecule has 138 valence electrons. The Balaban J connectivity index is 1.40. The van der Waals surface area contributed by atoms with E-state index in [2.05, 4.69) is 42.0 Å². The number of likely N-dealkylation sites (tertiary alicyclic amines) is 1. The summed E-state index contributed by atoms with van der Waals surface area (Å²) in [5, 5.41) is 4.11. The van der Waals surface area contributed by atoms with E-state index in [9.17, 15) is 4.79 Å². The smallest absolute Gasteiger partial charge is 0.253 e. The van der Waals surface area contributed by atoms with E-state index >= 15 is 0 Å². The van der Waals surface area contributed by atoms with Gasteiger partial charge in [-0.25, -0.2) is 0 Å². The van der Waals surface area contributed by atoms with Crippen LogP contribution < -0.4 is 0 Å². The van der Waals surface area contributed by atoms with Crippen molar-refractivity contribution in [3.63, 3.8) is 0 Å². The zero-order valence-electron chi connectivity index (χ0n) is 14.4. The molecule has 1 saturated heterocycles. The monoisotopic (exact) mass is 489 g/mol. The number of halogens is 2. The first-order chi connectivity index (χ1) is 13.1. The van der Waals surface area contributed by atoms with Crippen LogP contribution in [0, 0.1) is 0 Å². The van der Waals surface area contributed by atoms with E-state index in [1.165, 1.54) is 0 Å². The van der Waals surface area contributed by atoms with Crippen LogP contribution >= 0.6 is 31.9 Å². The fourth-order valence-corrected chi connectivity index (χ4v) is 3.75. The number of carbonyl (C=O) groups excluding carboxylic acids is 1. The second-order valence-electron chi connectivity index (χ2n) is 6.54. The van der Waals surface area contributed by atoms with E-state index in [4.69, 9.17) is 4.52 Å². The molecule has 5 nitrogen and oxygen atoms in total. The summed E-state index contributed by atoms with van der Waals surface area (Å²) in [5.74, 6) is 1.52. The fourth-order valence-electron chi connectivity index (χ4n) is 3.22.